The van der Waals surface area contributed by atoms with Crippen LogP contribution in [0.25, 0.3) is 5.65 Å². The topological polar surface area (TPSA) is 72.7 Å². The fourth-order valence-corrected chi connectivity index (χ4v) is 2.88. The minimum absolute atomic E-state index is 0.0340. The van der Waals surface area contributed by atoms with E-state index < -0.39 is 29.4 Å². The molecule has 0 atom stereocenters. The number of hydrogen-bond acceptors (Lipinski definition) is 4. The highest BCUT2D eigenvalue weighted by molar-refractivity contribution is 5.91. The molecule has 2 aromatic heterocycles. The predicted molar refractivity (Wildman–Crippen MR) is 99.3 cm³/mol. The lowest BCUT2D eigenvalue weighted by atomic mass is 10.1. The Morgan fingerprint density at radius 1 is 1.17 bits per heavy atom. The van der Waals surface area contributed by atoms with Crippen LogP contribution in [0.15, 0.2) is 42.6 Å². The fourth-order valence-electron chi connectivity index (χ4n) is 2.88. The third-order valence-corrected chi connectivity index (χ3v) is 4.14. The monoisotopic (exact) mass is 423 g/mol. The Balaban J connectivity index is 1.74. The first-order valence-electron chi connectivity index (χ1n) is 8.95. The summed E-state index contributed by atoms with van der Waals surface area (Å²) in [5.74, 6) is -2.08. The highest BCUT2D eigenvalue weighted by atomic mass is 19.4. The molecule has 3 aromatic rings. The number of carbonyl (C=O) groups is 2. The third kappa shape index (κ3) is 4.94. The summed E-state index contributed by atoms with van der Waals surface area (Å²) in [6, 6.07) is 7.27. The van der Waals surface area contributed by atoms with Gasteiger partial charge in [-0.15, -0.1) is 0 Å². The molecule has 0 saturated carbocycles. The number of nitrogens with zero attached hydrogens (tertiary/aromatic N) is 2. The van der Waals surface area contributed by atoms with Gasteiger partial charge in [0.05, 0.1) is 30.7 Å². The summed E-state index contributed by atoms with van der Waals surface area (Å²) in [6.45, 7) is 1.94. The van der Waals surface area contributed by atoms with Gasteiger partial charge in [0, 0.05) is 6.20 Å². The van der Waals surface area contributed by atoms with E-state index in [2.05, 4.69) is 10.3 Å². The molecule has 0 aliphatic carbocycles. The number of esters is 1. The van der Waals surface area contributed by atoms with Crippen molar-refractivity contribution in [2.45, 2.75) is 25.9 Å². The van der Waals surface area contributed by atoms with Gasteiger partial charge in [-0.25, -0.2) is 9.37 Å². The number of ether oxygens (including phenoxy) is 1. The van der Waals surface area contributed by atoms with E-state index >= 15 is 0 Å². The molecule has 6 nitrogen and oxygen atoms in total. The average Bonchev–Trinajstić information content (AvgIpc) is 3.04. The van der Waals surface area contributed by atoms with Crippen LogP contribution in [-0.4, -0.2) is 27.9 Å². The van der Waals surface area contributed by atoms with Crippen LogP contribution in [0.3, 0.4) is 0 Å². The lowest BCUT2D eigenvalue weighted by Crippen LogP contribution is -2.17. The molecule has 0 unspecified atom stereocenters. The van der Waals surface area contributed by atoms with Crippen LogP contribution in [0.5, 0.6) is 0 Å². The molecule has 158 valence electrons. The summed E-state index contributed by atoms with van der Waals surface area (Å²) in [4.78, 5) is 28.2. The van der Waals surface area contributed by atoms with Crippen molar-refractivity contribution < 1.29 is 31.9 Å². The van der Waals surface area contributed by atoms with Crippen molar-refractivity contribution in [3.63, 3.8) is 0 Å². The number of imidazole rings is 1. The molecule has 2 heterocycles. The number of fused-ring (bicyclic) bond motifs is 1. The lowest BCUT2D eigenvalue weighted by molar-refractivity contribution is -0.142. The van der Waals surface area contributed by atoms with Crippen LogP contribution >= 0.6 is 0 Å². The number of hydrogen-bond donors (Lipinski definition) is 1. The van der Waals surface area contributed by atoms with Gasteiger partial charge >= 0.3 is 12.1 Å². The average molecular weight is 423 g/mol. The van der Waals surface area contributed by atoms with Gasteiger partial charge in [0.25, 0.3) is 0 Å². The van der Waals surface area contributed by atoms with E-state index in [-0.39, 0.29) is 25.0 Å². The molecule has 0 aliphatic rings. The molecular weight excluding hydrogens is 406 g/mol. The van der Waals surface area contributed by atoms with Gasteiger partial charge in [0.15, 0.2) is 0 Å². The van der Waals surface area contributed by atoms with Gasteiger partial charge in [-0.3, -0.25) is 14.0 Å². The normalized spacial score (nSPS) is 11.5. The molecule has 10 heteroatoms. The van der Waals surface area contributed by atoms with Crippen LogP contribution in [0.2, 0.25) is 0 Å². The molecule has 30 heavy (non-hydrogen) atoms. The van der Waals surface area contributed by atoms with Crippen molar-refractivity contribution in [1.29, 1.82) is 0 Å². The zero-order valence-corrected chi connectivity index (χ0v) is 15.8. The summed E-state index contributed by atoms with van der Waals surface area (Å²) in [5.41, 5.74) is -0.365. The van der Waals surface area contributed by atoms with E-state index in [1.54, 1.807) is 35.7 Å². The number of amides is 1. The van der Waals surface area contributed by atoms with Crippen molar-refractivity contribution in [3.8, 4) is 0 Å². The first kappa shape index (κ1) is 21.3. The molecule has 1 amide bonds. The Bertz CT molecular complexity index is 1090. The molecule has 0 fully saturated rings. The number of benzene rings is 1. The first-order valence-corrected chi connectivity index (χ1v) is 8.95. The maximum Gasteiger partial charge on any atom is 0.419 e. The number of carbonyl (C=O) groups excluding carboxylic acids is 2. The number of nitrogens with one attached hydrogen (secondary N) is 1. The molecule has 0 bridgehead atoms. The Hall–Kier alpha value is -3.43. The molecule has 3 rings (SSSR count). The van der Waals surface area contributed by atoms with E-state index in [0.717, 1.165) is 6.07 Å². The maximum atomic E-state index is 13.7. The molecule has 0 radical (unpaired) electrons. The van der Waals surface area contributed by atoms with E-state index in [9.17, 15) is 27.2 Å². The van der Waals surface area contributed by atoms with Crippen LogP contribution < -0.4 is 5.32 Å². The van der Waals surface area contributed by atoms with Crippen LogP contribution in [0.4, 0.5) is 23.4 Å². The van der Waals surface area contributed by atoms with Crippen LogP contribution in [-0.2, 0) is 33.3 Å². The zero-order valence-electron chi connectivity index (χ0n) is 15.8. The Labute approximate surface area is 168 Å². The smallest absolute Gasteiger partial charge is 0.419 e. The minimum atomic E-state index is -4.80. The molecule has 0 aliphatic heterocycles. The van der Waals surface area contributed by atoms with Gasteiger partial charge in [-0.05, 0) is 36.8 Å². The molecule has 0 spiro atoms. The highest BCUT2D eigenvalue weighted by Crippen LogP contribution is 2.31. The predicted octanol–water partition coefficient (Wildman–Crippen LogP) is 3.78. The summed E-state index contributed by atoms with van der Waals surface area (Å²) >= 11 is 0. The van der Waals surface area contributed by atoms with Gasteiger partial charge in [-0.2, -0.15) is 13.2 Å². The van der Waals surface area contributed by atoms with Crippen LogP contribution in [0, 0.1) is 5.82 Å². The number of aromatic nitrogens is 2. The Kier molecular flexibility index (Phi) is 6.04. The highest BCUT2D eigenvalue weighted by Gasteiger charge is 2.33. The molecule has 1 aromatic carbocycles. The second-order valence-electron chi connectivity index (χ2n) is 6.39. The molecule has 1 N–H and O–H groups in total. The second kappa shape index (κ2) is 8.52. The Morgan fingerprint density at radius 3 is 2.60 bits per heavy atom. The summed E-state index contributed by atoms with van der Waals surface area (Å²) in [7, 11) is 0. The van der Waals surface area contributed by atoms with Crippen molar-refractivity contribution >= 4 is 23.3 Å². The number of pyridine rings is 1. The number of halogens is 4. The summed E-state index contributed by atoms with van der Waals surface area (Å²) in [6.07, 6.45) is -3.59. The quantitative estimate of drug-likeness (QED) is 0.484. The summed E-state index contributed by atoms with van der Waals surface area (Å²) < 4.78 is 58.1. The van der Waals surface area contributed by atoms with Gasteiger partial charge in [0.1, 0.15) is 17.3 Å². The lowest BCUT2D eigenvalue weighted by Gasteiger charge is -2.10. The van der Waals surface area contributed by atoms with E-state index in [1.165, 1.54) is 0 Å². The van der Waals surface area contributed by atoms with E-state index in [4.69, 9.17) is 4.74 Å². The number of alkyl halides is 3. The zero-order chi connectivity index (χ0) is 21.9. The maximum absolute atomic E-state index is 13.7. The van der Waals surface area contributed by atoms with Gasteiger partial charge < -0.3 is 10.1 Å². The van der Waals surface area contributed by atoms with Gasteiger partial charge in [0.2, 0.25) is 5.91 Å². The largest absolute Gasteiger partial charge is 0.466 e. The SMILES string of the molecule is CCOC(=O)Cc1cn2c(NC(=O)Cc3ccc(C(F)(F)F)c(F)c3)cccc2n1. The van der Waals surface area contributed by atoms with Crippen molar-refractivity contribution in [3.05, 3.63) is 65.2 Å². The Morgan fingerprint density at radius 2 is 1.93 bits per heavy atom. The minimum Gasteiger partial charge on any atom is -0.466 e. The number of rotatable bonds is 6. The third-order valence-electron chi connectivity index (χ3n) is 4.14. The first-order chi connectivity index (χ1) is 14.2. The van der Waals surface area contributed by atoms with E-state index in [1.807, 2.05) is 0 Å². The fraction of sp³-hybridized carbons (Fsp3) is 0.250. The second-order valence-corrected chi connectivity index (χ2v) is 6.39. The van der Waals surface area contributed by atoms with Crippen molar-refractivity contribution in [2.75, 3.05) is 11.9 Å². The van der Waals surface area contributed by atoms with E-state index in [0.29, 0.717) is 29.3 Å². The molecule has 0 saturated heterocycles. The standard InChI is InChI=1S/C20H17F4N3O3/c1-2-30-19(29)10-13-11-27-16(25-13)4-3-5-17(27)26-18(28)9-12-6-7-14(15(21)8-12)20(22,23)24/h3-8,11H,2,9-10H2,1H3,(H,26,28). The number of anilines is 1. The molecular formula is C20H17F4N3O3. The van der Waals surface area contributed by atoms with Crippen LogP contribution in [0.1, 0.15) is 23.7 Å². The van der Waals surface area contributed by atoms with Gasteiger partial charge in [-0.1, -0.05) is 12.1 Å². The van der Waals surface area contributed by atoms with Crippen molar-refractivity contribution in [1.82, 2.24) is 9.38 Å². The summed E-state index contributed by atoms with van der Waals surface area (Å²) in [5, 5.41) is 2.61. The van der Waals surface area contributed by atoms with Crippen molar-refractivity contribution in [2.24, 2.45) is 0 Å².